The number of ether oxygens (including phenoxy) is 1. The second-order valence-corrected chi connectivity index (χ2v) is 7.52. The quantitative estimate of drug-likeness (QED) is 0.179. The highest BCUT2D eigenvalue weighted by Crippen LogP contribution is 2.48. The molecule has 0 radical (unpaired) electrons. The van der Waals surface area contributed by atoms with Gasteiger partial charge in [0.25, 0.3) is 0 Å². The smallest absolute Gasteiger partial charge is 0.220 e. The molecule has 2 unspecified atom stereocenters. The lowest BCUT2D eigenvalue weighted by Crippen LogP contribution is -2.65. The molecule has 0 heterocycles. The number of rotatable bonds is 11. The summed E-state index contributed by atoms with van der Waals surface area (Å²) in [5, 5.41) is 9.99. The molecule has 0 bridgehead atoms. The van der Waals surface area contributed by atoms with Crippen molar-refractivity contribution >= 4 is 35.8 Å². The van der Waals surface area contributed by atoms with E-state index in [0.29, 0.717) is 31.2 Å². The van der Waals surface area contributed by atoms with Crippen LogP contribution in [0.5, 0.6) is 0 Å². The Labute approximate surface area is 182 Å². The number of hydrogen-bond donors (Lipinski definition) is 3. The molecule has 158 valence electrons. The molecule has 0 aromatic rings. The summed E-state index contributed by atoms with van der Waals surface area (Å²) in [6.45, 7) is 10.9. The lowest BCUT2D eigenvalue weighted by Gasteiger charge is -2.55. The standard InChI is InChI=1S/C20H38N4O2.HI/c1-5-20(6-2)16(14-17(20)26-8-4)24-19(21-7-3)22-13-9-10-18(25)23-15-11-12-15;/h15-17H,5-14H2,1-4H3,(H,23,25)(H2,21,22,24);1H. The molecule has 2 aliphatic rings. The van der Waals surface area contributed by atoms with Gasteiger partial charge in [-0.15, -0.1) is 24.0 Å². The van der Waals surface area contributed by atoms with Gasteiger partial charge >= 0.3 is 0 Å². The Bertz CT molecular complexity index is 479. The van der Waals surface area contributed by atoms with Gasteiger partial charge in [0.1, 0.15) is 0 Å². The zero-order valence-corrected chi connectivity index (χ0v) is 19.8. The van der Waals surface area contributed by atoms with Crippen LogP contribution in [-0.2, 0) is 9.53 Å². The number of guanidine groups is 1. The number of nitrogens with zero attached hydrogens (tertiary/aromatic N) is 1. The topological polar surface area (TPSA) is 74.8 Å². The van der Waals surface area contributed by atoms with Crippen LogP contribution < -0.4 is 16.0 Å². The van der Waals surface area contributed by atoms with Crippen LogP contribution in [0.1, 0.15) is 72.6 Å². The molecule has 1 amide bonds. The van der Waals surface area contributed by atoms with Gasteiger partial charge < -0.3 is 20.7 Å². The van der Waals surface area contributed by atoms with Crippen LogP contribution in [0.25, 0.3) is 0 Å². The van der Waals surface area contributed by atoms with Crippen molar-refractivity contribution in [1.82, 2.24) is 16.0 Å². The summed E-state index contributed by atoms with van der Waals surface area (Å²) in [4.78, 5) is 16.4. The number of carbonyl (C=O) groups is 1. The first kappa shape index (κ1) is 24.5. The lowest BCUT2D eigenvalue weighted by molar-refractivity contribution is -0.133. The van der Waals surface area contributed by atoms with Gasteiger partial charge in [-0.25, -0.2) is 0 Å². The van der Waals surface area contributed by atoms with Gasteiger partial charge in [0.15, 0.2) is 5.96 Å². The van der Waals surface area contributed by atoms with E-state index in [-0.39, 0.29) is 35.3 Å². The first-order chi connectivity index (χ1) is 12.6. The second-order valence-electron chi connectivity index (χ2n) is 7.52. The Kier molecular flexibility index (Phi) is 11.0. The molecule has 0 aromatic heterocycles. The molecule has 2 aliphatic carbocycles. The van der Waals surface area contributed by atoms with Crippen molar-refractivity contribution in [3.8, 4) is 0 Å². The monoisotopic (exact) mass is 494 g/mol. The van der Waals surface area contributed by atoms with Crippen LogP contribution in [0.2, 0.25) is 0 Å². The summed E-state index contributed by atoms with van der Waals surface area (Å²) in [5.41, 5.74) is 0.191. The molecule has 2 atom stereocenters. The van der Waals surface area contributed by atoms with Gasteiger partial charge in [-0.1, -0.05) is 13.8 Å². The van der Waals surface area contributed by atoms with E-state index in [0.717, 1.165) is 57.6 Å². The van der Waals surface area contributed by atoms with Crippen molar-refractivity contribution in [2.24, 2.45) is 10.4 Å². The van der Waals surface area contributed by atoms with Crippen molar-refractivity contribution in [2.45, 2.75) is 90.8 Å². The number of nitrogens with one attached hydrogen (secondary N) is 3. The van der Waals surface area contributed by atoms with Crippen LogP contribution in [0.3, 0.4) is 0 Å². The maximum absolute atomic E-state index is 11.8. The molecule has 2 rings (SSSR count). The molecule has 27 heavy (non-hydrogen) atoms. The third-order valence-electron chi connectivity index (χ3n) is 5.90. The minimum absolute atomic E-state index is 0. The Morgan fingerprint density at radius 3 is 2.41 bits per heavy atom. The van der Waals surface area contributed by atoms with E-state index in [2.05, 4.69) is 48.6 Å². The molecule has 3 N–H and O–H groups in total. The average molecular weight is 494 g/mol. The van der Waals surface area contributed by atoms with Crippen molar-refractivity contribution in [3.05, 3.63) is 0 Å². The Hall–Kier alpha value is -0.570. The molecule has 0 saturated heterocycles. The molecule has 0 aliphatic heterocycles. The summed E-state index contributed by atoms with van der Waals surface area (Å²) in [6.07, 6.45) is 7.20. The van der Waals surface area contributed by atoms with Crippen LogP contribution in [0, 0.1) is 5.41 Å². The predicted molar refractivity (Wildman–Crippen MR) is 122 cm³/mol. The molecule has 7 heteroatoms. The lowest BCUT2D eigenvalue weighted by atomic mass is 9.58. The normalized spacial score (nSPS) is 23.8. The average Bonchev–Trinajstić information content (AvgIpc) is 3.42. The molecule has 0 spiro atoms. The first-order valence-corrected chi connectivity index (χ1v) is 10.5. The van der Waals surface area contributed by atoms with Gasteiger partial charge in [0, 0.05) is 43.6 Å². The molecular formula is C20H39IN4O2. The summed E-state index contributed by atoms with van der Waals surface area (Å²) >= 11 is 0. The molecule has 2 saturated carbocycles. The second kappa shape index (κ2) is 12.1. The van der Waals surface area contributed by atoms with Gasteiger partial charge in [-0.2, -0.15) is 0 Å². The highest BCUT2D eigenvalue weighted by atomic mass is 127. The van der Waals surface area contributed by atoms with Crippen LogP contribution in [0.15, 0.2) is 4.99 Å². The summed E-state index contributed by atoms with van der Waals surface area (Å²) < 4.78 is 5.96. The van der Waals surface area contributed by atoms with Crippen molar-refractivity contribution in [2.75, 3.05) is 19.7 Å². The van der Waals surface area contributed by atoms with Crippen molar-refractivity contribution < 1.29 is 9.53 Å². The number of amides is 1. The largest absolute Gasteiger partial charge is 0.378 e. The van der Waals surface area contributed by atoms with Gasteiger partial charge in [-0.05, 0) is 52.4 Å². The van der Waals surface area contributed by atoms with Crippen molar-refractivity contribution in [1.29, 1.82) is 0 Å². The fourth-order valence-corrected chi connectivity index (χ4v) is 4.03. The van der Waals surface area contributed by atoms with E-state index in [1.54, 1.807) is 0 Å². The van der Waals surface area contributed by atoms with Crippen molar-refractivity contribution in [3.63, 3.8) is 0 Å². The maximum atomic E-state index is 11.8. The molecule has 0 aromatic carbocycles. The summed E-state index contributed by atoms with van der Waals surface area (Å²) in [5.74, 6) is 1.02. The number of hydrogen-bond acceptors (Lipinski definition) is 3. The van der Waals surface area contributed by atoms with E-state index in [9.17, 15) is 4.79 Å². The highest BCUT2D eigenvalue weighted by Gasteiger charge is 2.53. The zero-order valence-electron chi connectivity index (χ0n) is 17.5. The zero-order chi connectivity index (χ0) is 19.0. The SMILES string of the molecule is CCNC(=NCCCC(=O)NC1CC1)NC1CC(OCC)C1(CC)CC.I. The Balaban J connectivity index is 0.00000364. The first-order valence-electron chi connectivity index (χ1n) is 10.5. The Morgan fingerprint density at radius 1 is 1.15 bits per heavy atom. The minimum Gasteiger partial charge on any atom is -0.378 e. The van der Waals surface area contributed by atoms with E-state index in [1.165, 1.54) is 0 Å². The van der Waals surface area contributed by atoms with Crippen LogP contribution in [0.4, 0.5) is 0 Å². The van der Waals surface area contributed by atoms with E-state index >= 15 is 0 Å². The number of carbonyl (C=O) groups excluding carboxylic acids is 1. The van der Waals surface area contributed by atoms with Crippen LogP contribution in [-0.4, -0.2) is 49.8 Å². The minimum atomic E-state index is 0. The number of halogens is 1. The molecular weight excluding hydrogens is 455 g/mol. The summed E-state index contributed by atoms with van der Waals surface area (Å²) in [6, 6.07) is 0.836. The van der Waals surface area contributed by atoms with Crippen LogP contribution >= 0.6 is 24.0 Å². The highest BCUT2D eigenvalue weighted by molar-refractivity contribution is 14.0. The summed E-state index contributed by atoms with van der Waals surface area (Å²) in [7, 11) is 0. The third kappa shape index (κ3) is 6.76. The maximum Gasteiger partial charge on any atom is 0.220 e. The van der Waals surface area contributed by atoms with Gasteiger partial charge in [0.2, 0.25) is 5.91 Å². The number of aliphatic imine (C=N–C) groups is 1. The van der Waals surface area contributed by atoms with E-state index in [1.807, 2.05) is 0 Å². The predicted octanol–water partition coefficient (Wildman–Crippen LogP) is 3.20. The van der Waals surface area contributed by atoms with Gasteiger partial charge in [-0.3, -0.25) is 9.79 Å². The third-order valence-corrected chi connectivity index (χ3v) is 5.90. The fourth-order valence-electron chi connectivity index (χ4n) is 4.03. The van der Waals surface area contributed by atoms with Gasteiger partial charge in [0.05, 0.1) is 6.10 Å². The van der Waals surface area contributed by atoms with E-state index in [4.69, 9.17) is 4.74 Å². The molecule has 2 fully saturated rings. The molecule has 6 nitrogen and oxygen atoms in total. The Morgan fingerprint density at radius 2 is 1.85 bits per heavy atom. The van der Waals surface area contributed by atoms with E-state index < -0.39 is 0 Å². The fraction of sp³-hybridized carbons (Fsp3) is 0.900.